The molecule has 5 nitrogen and oxygen atoms in total. The zero-order chi connectivity index (χ0) is 13.3. The molecule has 2 aromatic rings. The van der Waals surface area contributed by atoms with E-state index >= 15 is 0 Å². The lowest BCUT2D eigenvalue weighted by molar-refractivity contribution is -0.117. The maximum absolute atomic E-state index is 12.0. The maximum Gasteiger partial charge on any atom is 0.226 e. The Hall–Kier alpha value is -1.88. The number of H-pyrrole nitrogens is 1. The molecule has 0 atom stereocenters. The van der Waals surface area contributed by atoms with Gasteiger partial charge >= 0.3 is 0 Å². The molecule has 0 spiro atoms. The molecule has 1 heterocycles. The third-order valence-corrected chi connectivity index (χ3v) is 3.84. The van der Waals surface area contributed by atoms with E-state index in [-0.39, 0.29) is 11.4 Å². The van der Waals surface area contributed by atoms with Gasteiger partial charge in [-0.05, 0) is 31.0 Å². The molecule has 0 bridgehead atoms. The first-order chi connectivity index (χ1) is 9.15. The minimum atomic E-state index is -0.303. The SMILES string of the molecule is NC1(CC(=O)Nc2ccc3cn[nH]c3c2)CCCC1. The van der Waals surface area contributed by atoms with Crippen molar-refractivity contribution in [3.05, 3.63) is 24.4 Å². The monoisotopic (exact) mass is 258 g/mol. The summed E-state index contributed by atoms with van der Waals surface area (Å²) in [4.78, 5) is 12.0. The second-order valence-corrected chi connectivity index (χ2v) is 5.47. The molecule has 4 N–H and O–H groups in total. The normalized spacial score (nSPS) is 17.7. The lowest BCUT2D eigenvalue weighted by atomic mass is 9.94. The highest BCUT2D eigenvalue weighted by molar-refractivity contribution is 5.94. The topological polar surface area (TPSA) is 83.8 Å². The lowest BCUT2D eigenvalue weighted by Crippen LogP contribution is -2.40. The fourth-order valence-corrected chi connectivity index (χ4v) is 2.80. The molecule has 3 rings (SSSR count). The molecule has 1 aromatic heterocycles. The van der Waals surface area contributed by atoms with Crippen LogP contribution >= 0.6 is 0 Å². The Balaban J connectivity index is 1.68. The molecule has 1 aliphatic rings. The van der Waals surface area contributed by atoms with E-state index in [2.05, 4.69) is 15.5 Å². The molecule has 1 fully saturated rings. The number of anilines is 1. The highest BCUT2D eigenvalue weighted by Gasteiger charge is 2.31. The van der Waals surface area contributed by atoms with E-state index in [1.807, 2.05) is 18.2 Å². The number of carbonyl (C=O) groups excluding carboxylic acids is 1. The fourth-order valence-electron chi connectivity index (χ4n) is 2.80. The van der Waals surface area contributed by atoms with Crippen LogP contribution in [0, 0.1) is 0 Å². The largest absolute Gasteiger partial charge is 0.326 e. The van der Waals surface area contributed by atoms with Crippen LogP contribution in [0.2, 0.25) is 0 Å². The van der Waals surface area contributed by atoms with Crippen molar-refractivity contribution in [1.82, 2.24) is 10.2 Å². The number of hydrogen-bond acceptors (Lipinski definition) is 3. The van der Waals surface area contributed by atoms with Crippen molar-refractivity contribution in [1.29, 1.82) is 0 Å². The summed E-state index contributed by atoms with van der Waals surface area (Å²) >= 11 is 0. The van der Waals surface area contributed by atoms with Crippen molar-refractivity contribution < 1.29 is 4.79 Å². The number of carbonyl (C=O) groups is 1. The molecule has 1 aliphatic carbocycles. The molecule has 1 amide bonds. The summed E-state index contributed by atoms with van der Waals surface area (Å²) in [5.41, 5.74) is 7.61. The molecule has 0 radical (unpaired) electrons. The summed E-state index contributed by atoms with van der Waals surface area (Å²) in [5, 5.41) is 10.8. The van der Waals surface area contributed by atoms with Gasteiger partial charge in [0.2, 0.25) is 5.91 Å². The zero-order valence-corrected chi connectivity index (χ0v) is 10.8. The summed E-state index contributed by atoms with van der Waals surface area (Å²) in [7, 11) is 0. The molecule has 100 valence electrons. The highest BCUT2D eigenvalue weighted by atomic mass is 16.1. The molecule has 0 aliphatic heterocycles. The first kappa shape index (κ1) is 12.2. The molecule has 1 aromatic carbocycles. The summed E-state index contributed by atoms with van der Waals surface area (Å²) in [6.07, 6.45) is 6.30. The van der Waals surface area contributed by atoms with Crippen LogP contribution in [-0.2, 0) is 4.79 Å². The molecule has 0 saturated heterocycles. The van der Waals surface area contributed by atoms with Crippen molar-refractivity contribution in [2.24, 2.45) is 5.73 Å². The van der Waals surface area contributed by atoms with E-state index in [0.717, 1.165) is 42.3 Å². The minimum Gasteiger partial charge on any atom is -0.326 e. The number of fused-ring (bicyclic) bond motifs is 1. The second kappa shape index (κ2) is 4.66. The molecule has 19 heavy (non-hydrogen) atoms. The van der Waals surface area contributed by atoms with Crippen LogP contribution in [-0.4, -0.2) is 21.6 Å². The molecule has 0 unspecified atom stereocenters. The zero-order valence-electron chi connectivity index (χ0n) is 10.8. The smallest absolute Gasteiger partial charge is 0.226 e. The number of nitrogens with two attached hydrogens (primary N) is 1. The Bertz CT molecular complexity index is 598. The highest BCUT2D eigenvalue weighted by Crippen LogP contribution is 2.30. The number of hydrogen-bond donors (Lipinski definition) is 3. The summed E-state index contributed by atoms with van der Waals surface area (Å²) in [5.74, 6) is -0.0109. The summed E-state index contributed by atoms with van der Waals surface area (Å²) in [6.45, 7) is 0. The average molecular weight is 258 g/mol. The van der Waals surface area contributed by atoms with E-state index in [4.69, 9.17) is 5.73 Å². The first-order valence-corrected chi connectivity index (χ1v) is 6.67. The predicted octanol–water partition coefficient (Wildman–Crippen LogP) is 2.16. The first-order valence-electron chi connectivity index (χ1n) is 6.67. The molecule has 1 saturated carbocycles. The third kappa shape index (κ3) is 2.61. The van der Waals surface area contributed by atoms with Crippen molar-refractivity contribution in [2.75, 3.05) is 5.32 Å². The van der Waals surface area contributed by atoms with E-state index in [1.54, 1.807) is 6.20 Å². The number of aromatic amines is 1. The van der Waals surface area contributed by atoms with Crippen LogP contribution in [0.3, 0.4) is 0 Å². The van der Waals surface area contributed by atoms with Crippen LogP contribution in [0.5, 0.6) is 0 Å². The maximum atomic E-state index is 12.0. The van der Waals surface area contributed by atoms with Crippen LogP contribution in [0.4, 0.5) is 5.69 Å². The van der Waals surface area contributed by atoms with Gasteiger partial charge in [0.25, 0.3) is 0 Å². The fraction of sp³-hybridized carbons (Fsp3) is 0.429. The summed E-state index contributed by atoms with van der Waals surface area (Å²) in [6, 6.07) is 5.70. The van der Waals surface area contributed by atoms with E-state index < -0.39 is 0 Å². The predicted molar refractivity (Wildman–Crippen MR) is 74.7 cm³/mol. The lowest BCUT2D eigenvalue weighted by Gasteiger charge is -2.22. The quantitative estimate of drug-likeness (QED) is 0.788. The van der Waals surface area contributed by atoms with Gasteiger partial charge in [-0.1, -0.05) is 12.8 Å². The van der Waals surface area contributed by atoms with Crippen LogP contribution in [0.25, 0.3) is 10.9 Å². The minimum absolute atomic E-state index is 0.0109. The van der Waals surface area contributed by atoms with Gasteiger partial charge in [0.1, 0.15) is 0 Å². The third-order valence-electron chi connectivity index (χ3n) is 3.84. The van der Waals surface area contributed by atoms with Crippen LogP contribution < -0.4 is 11.1 Å². The van der Waals surface area contributed by atoms with Gasteiger partial charge in [-0.3, -0.25) is 9.89 Å². The molecular weight excluding hydrogens is 240 g/mol. The van der Waals surface area contributed by atoms with Gasteiger partial charge in [0.05, 0.1) is 11.7 Å². The Kier molecular flexibility index (Phi) is 2.98. The van der Waals surface area contributed by atoms with Crippen LogP contribution in [0.1, 0.15) is 32.1 Å². The van der Waals surface area contributed by atoms with Gasteiger partial charge in [-0.15, -0.1) is 0 Å². The molecular formula is C14H18N4O. The van der Waals surface area contributed by atoms with Gasteiger partial charge in [-0.25, -0.2) is 0 Å². The number of amides is 1. The summed E-state index contributed by atoms with van der Waals surface area (Å²) < 4.78 is 0. The van der Waals surface area contributed by atoms with E-state index in [9.17, 15) is 4.79 Å². The van der Waals surface area contributed by atoms with Crippen molar-refractivity contribution >= 4 is 22.5 Å². The van der Waals surface area contributed by atoms with Gasteiger partial charge in [0.15, 0.2) is 0 Å². The number of aromatic nitrogens is 2. The van der Waals surface area contributed by atoms with Crippen molar-refractivity contribution in [3.8, 4) is 0 Å². The van der Waals surface area contributed by atoms with Crippen LogP contribution in [0.15, 0.2) is 24.4 Å². The number of nitrogens with zero attached hydrogens (tertiary/aromatic N) is 1. The Morgan fingerprint density at radius 1 is 1.42 bits per heavy atom. The van der Waals surface area contributed by atoms with E-state index in [1.165, 1.54) is 0 Å². The van der Waals surface area contributed by atoms with Gasteiger partial charge in [0, 0.05) is 23.0 Å². The van der Waals surface area contributed by atoms with Crippen molar-refractivity contribution in [3.63, 3.8) is 0 Å². The number of nitrogens with one attached hydrogen (secondary N) is 2. The number of rotatable bonds is 3. The van der Waals surface area contributed by atoms with Gasteiger partial charge < -0.3 is 11.1 Å². The van der Waals surface area contributed by atoms with E-state index in [0.29, 0.717) is 6.42 Å². The Labute approximate surface area is 111 Å². The Morgan fingerprint density at radius 3 is 3.00 bits per heavy atom. The Morgan fingerprint density at radius 2 is 2.21 bits per heavy atom. The number of benzene rings is 1. The second-order valence-electron chi connectivity index (χ2n) is 5.47. The van der Waals surface area contributed by atoms with Crippen molar-refractivity contribution in [2.45, 2.75) is 37.6 Å². The molecule has 5 heteroatoms. The standard InChI is InChI=1S/C14H18N4O/c15-14(5-1-2-6-14)8-13(19)17-11-4-3-10-9-16-18-12(10)7-11/h3-4,7,9H,1-2,5-6,8,15H2,(H,16,18)(H,17,19). The van der Waals surface area contributed by atoms with Gasteiger partial charge in [-0.2, -0.15) is 5.10 Å². The average Bonchev–Trinajstić information content (AvgIpc) is 2.97.